The zero-order valence-electron chi connectivity index (χ0n) is 16.1. The number of amides is 1. The molecule has 2 saturated heterocycles. The Hall–Kier alpha value is -1.26. The minimum absolute atomic E-state index is 0.209. The normalized spacial score (nSPS) is 24.5. The average Bonchev–Trinajstić information content (AvgIpc) is 3.11. The largest absolute Gasteiger partial charge is 0.371 e. The molecule has 2 aliphatic heterocycles. The Kier molecular flexibility index (Phi) is 6.82. The molecule has 0 radical (unpaired) electrons. The maximum atomic E-state index is 12.3. The number of hydrogen-bond acceptors (Lipinski definition) is 3. The van der Waals surface area contributed by atoms with Crippen LogP contribution in [0.4, 0.5) is 5.69 Å². The number of nitrogens with one attached hydrogen (secondary N) is 2. The van der Waals surface area contributed by atoms with E-state index in [0.717, 1.165) is 44.2 Å². The fraction of sp³-hybridized carbons (Fsp3) is 0.667. The fourth-order valence-electron chi connectivity index (χ4n) is 4.30. The summed E-state index contributed by atoms with van der Waals surface area (Å²) in [5.74, 6) is 1.82. The van der Waals surface area contributed by atoms with Gasteiger partial charge >= 0.3 is 0 Å². The smallest absolute Gasteiger partial charge is 0.220 e. The lowest BCUT2D eigenvalue weighted by Gasteiger charge is -2.28. The lowest BCUT2D eigenvalue weighted by molar-refractivity contribution is -0.122. The monoisotopic (exact) mass is 377 g/mol. The van der Waals surface area contributed by atoms with Gasteiger partial charge in [-0.1, -0.05) is 24.6 Å². The lowest BCUT2D eigenvalue weighted by Crippen LogP contribution is -2.36. The van der Waals surface area contributed by atoms with Crippen LogP contribution in [0.2, 0.25) is 5.02 Å². The number of carbonyl (C=O) groups is 1. The highest BCUT2D eigenvalue weighted by Gasteiger charge is 2.25. The summed E-state index contributed by atoms with van der Waals surface area (Å²) in [7, 11) is 0. The maximum absolute atomic E-state index is 12.3. The Morgan fingerprint density at radius 1 is 1.42 bits per heavy atom. The first kappa shape index (κ1) is 19.5. The Labute approximate surface area is 162 Å². The number of halogens is 1. The third-order valence-electron chi connectivity index (χ3n) is 6.03. The van der Waals surface area contributed by atoms with Crippen LogP contribution in [0, 0.1) is 24.7 Å². The van der Waals surface area contributed by atoms with E-state index < -0.39 is 0 Å². The highest BCUT2D eigenvalue weighted by atomic mass is 35.5. The van der Waals surface area contributed by atoms with Crippen molar-refractivity contribution in [2.75, 3.05) is 37.6 Å². The molecule has 1 aromatic rings. The molecule has 0 saturated carbocycles. The van der Waals surface area contributed by atoms with Crippen molar-refractivity contribution in [2.24, 2.45) is 17.8 Å². The molecule has 144 valence electrons. The third-order valence-corrected chi connectivity index (χ3v) is 6.27. The molecule has 2 aliphatic rings. The number of anilines is 1. The Morgan fingerprint density at radius 3 is 3.04 bits per heavy atom. The van der Waals surface area contributed by atoms with Crippen molar-refractivity contribution in [1.82, 2.24) is 10.6 Å². The summed E-state index contributed by atoms with van der Waals surface area (Å²) in [5, 5.41) is 7.41. The summed E-state index contributed by atoms with van der Waals surface area (Å²) < 4.78 is 0. The molecule has 5 heteroatoms. The summed E-state index contributed by atoms with van der Waals surface area (Å²) in [6.07, 6.45) is 4.25. The van der Waals surface area contributed by atoms with E-state index in [1.165, 1.54) is 24.1 Å². The van der Waals surface area contributed by atoms with E-state index in [1.807, 2.05) is 6.07 Å². The second kappa shape index (κ2) is 9.09. The summed E-state index contributed by atoms with van der Waals surface area (Å²) in [5.41, 5.74) is 2.48. The lowest BCUT2D eigenvalue weighted by atomic mass is 9.85. The predicted octanol–water partition coefficient (Wildman–Crippen LogP) is 3.62. The Bertz CT molecular complexity index is 615. The van der Waals surface area contributed by atoms with Crippen LogP contribution in [0.1, 0.15) is 38.2 Å². The van der Waals surface area contributed by atoms with Crippen molar-refractivity contribution in [1.29, 1.82) is 0 Å². The predicted molar refractivity (Wildman–Crippen MR) is 109 cm³/mol. The molecule has 26 heavy (non-hydrogen) atoms. The molecule has 2 heterocycles. The zero-order valence-corrected chi connectivity index (χ0v) is 16.8. The van der Waals surface area contributed by atoms with Crippen LogP contribution >= 0.6 is 11.6 Å². The van der Waals surface area contributed by atoms with E-state index in [9.17, 15) is 4.79 Å². The second-order valence-corrected chi connectivity index (χ2v) is 8.56. The molecule has 3 atom stereocenters. The molecule has 0 aromatic heterocycles. The fourth-order valence-corrected chi connectivity index (χ4v) is 4.46. The second-order valence-electron chi connectivity index (χ2n) is 8.12. The van der Waals surface area contributed by atoms with Gasteiger partial charge in [-0.2, -0.15) is 0 Å². The summed E-state index contributed by atoms with van der Waals surface area (Å²) in [6, 6.07) is 6.07. The van der Waals surface area contributed by atoms with E-state index in [-0.39, 0.29) is 5.91 Å². The van der Waals surface area contributed by atoms with Gasteiger partial charge in [-0.05, 0) is 74.7 Å². The highest BCUT2D eigenvalue weighted by Crippen LogP contribution is 2.29. The highest BCUT2D eigenvalue weighted by molar-refractivity contribution is 6.30. The number of hydrogen-bond donors (Lipinski definition) is 2. The van der Waals surface area contributed by atoms with Crippen LogP contribution in [-0.4, -0.2) is 38.6 Å². The molecular weight excluding hydrogens is 346 g/mol. The third kappa shape index (κ3) is 5.14. The number of nitrogens with zero attached hydrogens (tertiary/aromatic N) is 1. The number of rotatable bonds is 6. The van der Waals surface area contributed by atoms with E-state index in [4.69, 9.17) is 11.6 Å². The van der Waals surface area contributed by atoms with E-state index in [0.29, 0.717) is 24.2 Å². The molecular formula is C21H32ClN3O. The minimum Gasteiger partial charge on any atom is -0.371 e. The quantitative estimate of drug-likeness (QED) is 0.795. The van der Waals surface area contributed by atoms with Crippen LogP contribution in [0.3, 0.4) is 0 Å². The first-order valence-electron chi connectivity index (χ1n) is 10.0. The van der Waals surface area contributed by atoms with Crippen molar-refractivity contribution >= 4 is 23.2 Å². The van der Waals surface area contributed by atoms with E-state index in [1.54, 1.807) is 0 Å². The van der Waals surface area contributed by atoms with Gasteiger partial charge in [0.2, 0.25) is 5.91 Å². The van der Waals surface area contributed by atoms with Crippen LogP contribution in [-0.2, 0) is 4.79 Å². The van der Waals surface area contributed by atoms with Gasteiger partial charge in [0, 0.05) is 36.8 Å². The first-order valence-corrected chi connectivity index (χ1v) is 10.4. The SMILES string of the molecule is Cc1ccc(Cl)cc1N1CCC(CNC(=O)CC(C)C2CCCNC2)C1. The van der Waals surface area contributed by atoms with Crippen molar-refractivity contribution in [2.45, 2.75) is 39.5 Å². The van der Waals surface area contributed by atoms with Gasteiger partial charge in [-0.25, -0.2) is 0 Å². The molecule has 2 fully saturated rings. The summed E-state index contributed by atoms with van der Waals surface area (Å²) in [6.45, 7) is 9.34. The van der Waals surface area contributed by atoms with Crippen LogP contribution in [0.5, 0.6) is 0 Å². The molecule has 2 N–H and O–H groups in total. The molecule has 3 unspecified atom stereocenters. The van der Waals surface area contributed by atoms with Crippen molar-refractivity contribution < 1.29 is 4.79 Å². The average molecular weight is 378 g/mol. The molecule has 0 aliphatic carbocycles. The van der Waals surface area contributed by atoms with Gasteiger partial charge in [-0.3, -0.25) is 4.79 Å². The number of benzene rings is 1. The Morgan fingerprint density at radius 2 is 2.27 bits per heavy atom. The number of piperidine rings is 1. The molecule has 4 nitrogen and oxygen atoms in total. The van der Waals surface area contributed by atoms with Gasteiger partial charge in [-0.15, -0.1) is 0 Å². The van der Waals surface area contributed by atoms with Crippen LogP contribution in [0.15, 0.2) is 18.2 Å². The zero-order chi connectivity index (χ0) is 18.5. The van der Waals surface area contributed by atoms with E-state index in [2.05, 4.69) is 41.5 Å². The van der Waals surface area contributed by atoms with Crippen LogP contribution < -0.4 is 15.5 Å². The van der Waals surface area contributed by atoms with Gasteiger partial charge in [0.05, 0.1) is 0 Å². The van der Waals surface area contributed by atoms with Gasteiger partial charge < -0.3 is 15.5 Å². The summed E-state index contributed by atoms with van der Waals surface area (Å²) in [4.78, 5) is 14.7. The topological polar surface area (TPSA) is 44.4 Å². The van der Waals surface area contributed by atoms with Gasteiger partial charge in [0.25, 0.3) is 0 Å². The minimum atomic E-state index is 0.209. The van der Waals surface area contributed by atoms with E-state index >= 15 is 0 Å². The standard InChI is InChI=1S/C21H32ClN3O/c1-15-5-6-19(22)11-20(15)25-9-7-17(14-25)12-24-21(26)10-16(2)18-4-3-8-23-13-18/h5-6,11,16-18,23H,3-4,7-10,12-14H2,1-2H3,(H,24,26). The molecule has 1 aromatic carbocycles. The van der Waals surface area contributed by atoms with Crippen molar-refractivity contribution in [3.8, 4) is 0 Å². The summed E-state index contributed by atoms with van der Waals surface area (Å²) >= 11 is 6.16. The molecule has 1 amide bonds. The molecule has 0 bridgehead atoms. The number of aryl methyl sites for hydroxylation is 1. The molecule has 0 spiro atoms. The number of carbonyl (C=O) groups excluding carboxylic acids is 1. The Balaban J connectivity index is 1.42. The maximum Gasteiger partial charge on any atom is 0.220 e. The van der Waals surface area contributed by atoms with Crippen LogP contribution in [0.25, 0.3) is 0 Å². The van der Waals surface area contributed by atoms with Crippen molar-refractivity contribution in [3.05, 3.63) is 28.8 Å². The van der Waals surface area contributed by atoms with Gasteiger partial charge in [0.15, 0.2) is 0 Å². The molecule has 3 rings (SSSR count). The van der Waals surface area contributed by atoms with Crippen molar-refractivity contribution in [3.63, 3.8) is 0 Å². The first-order chi connectivity index (χ1) is 12.5. The van der Waals surface area contributed by atoms with Gasteiger partial charge in [0.1, 0.15) is 0 Å².